The number of ether oxygens (including phenoxy) is 12. The molecule has 0 unspecified atom stereocenters. The molecule has 0 aliphatic carbocycles. The average Bonchev–Trinajstić information content (AvgIpc) is 3.18. The Balaban J connectivity index is 1.03. The Bertz CT molecular complexity index is 1230. The highest BCUT2D eigenvalue weighted by atomic mass is 16.6. The summed E-state index contributed by atoms with van der Waals surface area (Å²) in [5.41, 5.74) is 3.39. The van der Waals surface area contributed by atoms with Gasteiger partial charge in [0.1, 0.15) is 13.2 Å². The normalized spacial score (nSPS) is 11.3. The molecule has 0 spiro atoms. The van der Waals surface area contributed by atoms with Gasteiger partial charge in [-0.1, -0.05) is 66.7 Å². The number of hydrogen-bond donors (Lipinski definition) is 0. The first-order chi connectivity index (χ1) is 26.3. The molecule has 12 nitrogen and oxygen atoms in total. The van der Waals surface area contributed by atoms with E-state index in [2.05, 4.69) is 0 Å². The molecule has 3 aromatic rings. The van der Waals surface area contributed by atoms with E-state index in [0.29, 0.717) is 157 Å². The molecule has 3 rings (SSSR count). The fourth-order valence-corrected chi connectivity index (χ4v) is 4.56. The van der Waals surface area contributed by atoms with Crippen molar-refractivity contribution in [1.82, 2.24) is 0 Å². The average molecular weight is 745 g/mol. The van der Waals surface area contributed by atoms with Crippen molar-refractivity contribution in [1.29, 1.82) is 0 Å². The molecule has 53 heavy (non-hydrogen) atoms. The Hall–Kier alpha value is -3.14. The van der Waals surface area contributed by atoms with Crippen molar-refractivity contribution in [2.45, 2.75) is 20.1 Å². The Morgan fingerprint density at radius 3 is 0.962 bits per heavy atom. The van der Waals surface area contributed by atoms with E-state index in [1.807, 2.05) is 85.8 Å². The van der Waals surface area contributed by atoms with E-state index < -0.39 is 0 Å². The van der Waals surface area contributed by atoms with Crippen LogP contribution in [-0.2, 0) is 60.6 Å². The van der Waals surface area contributed by atoms with Gasteiger partial charge in [-0.25, -0.2) is 0 Å². The minimum absolute atomic E-state index is 0.397. The van der Waals surface area contributed by atoms with Crippen molar-refractivity contribution < 1.29 is 56.8 Å². The van der Waals surface area contributed by atoms with Crippen molar-refractivity contribution in [2.24, 2.45) is 0 Å². The smallest absolute Gasteiger partial charge is 0.161 e. The second-order valence-electron chi connectivity index (χ2n) is 11.6. The quantitative estimate of drug-likeness (QED) is 0.0720. The van der Waals surface area contributed by atoms with Crippen molar-refractivity contribution in [3.63, 3.8) is 0 Å². The maximum atomic E-state index is 5.93. The zero-order chi connectivity index (χ0) is 37.1. The summed E-state index contributed by atoms with van der Waals surface area (Å²) in [4.78, 5) is 0. The van der Waals surface area contributed by atoms with Crippen LogP contribution in [0, 0.1) is 6.92 Å². The Morgan fingerprint density at radius 2 is 0.604 bits per heavy atom. The van der Waals surface area contributed by atoms with Gasteiger partial charge in [0.05, 0.1) is 132 Å². The van der Waals surface area contributed by atoms with Crippen LogP contribution in [0.5, 0.6) is 11.5 Å². The molecule has 0 saturated heterocycles. The molecule has 0 aromatic heterocycles. The Morgan fingerprint density at radius 1 is 0.302 bits per heavy atom. The van der Waals surface area contributed by atoms with Gasteiger partial charge >= 0.3 is 0 Å². The molecule has 0 fully saturated rings. The first kappa shape index (κ1) is 44.3. The van der Waals surface area contributed by atoms with Crippen LogP contribution in [0.25, 0.3) is 0 Å². The number of rotatable bonds is 36. The molecule has 3 aromatic carbocycles. The minimum Gasteiger partial charge on any atom is -0.487 e. The lowest BCUT2D eigenvalue weighted by Gasteiger charge is -2.14. The summed E-state index contributed by atoms with van der Waals surface area (Å²) < 4.78 is 67.5. The fourth-order valence-electron chi connectivity index (χ4n) is 4.56. The van der Waals surface area contributed by atoms with Gasteiger partial charge in [0.2, 0.25) is 0 Å². The zero-order valence-electron chi connectivity index (χ0n) is 31.5. The third kappa shape index (κ3) is 24.7. The molecule has 0 aliphatic heterocycles. The Labute approximate surface area is 315 Å². The molecule has 0 bridgehead atoms. The third-order valence-corrected chi connectivity index (χ3v) is 7.27. The summed E-state index contributed by atoms with van der Waals surface area (Å²) in [6.45, 7) is 13.1. The Kier molecular flexibility index (Phi) is 27.0. The van der Waals surface area contributed by atoms with Crippen LogP contribution in [0.3, 0.4) is 0 Å². The lowest BCUT2D eigenvalue weighted by atomic mass is 10.2. The van der Waals surface area contributed by atoms with Gasteiger partial charge in [0.15, 0.2) is 11.5 Å². The number of hydrogen-bond acceptors (Lipinski definition) is 12. The molecule has 0 radical (unpaired) electrons. The van der Waals surface area contributed by atoms with E-state index >= 15 is 0 Å². The minimum atomic E-state index is 0.397. The standard InChI is InChI=1S/C41H60O12/c1-37-12-13-40(52-32-30-48-24-22-44-16-14-42-18-20-46-26-28-50-35-38-8-4-2-5-9-38)41(34-37)53-33-31-49-25-23-45-17-15-43-19-21-47-27-29-51-36-39-10-6-3-7-11-39/h2-13,34H,14-33,35-36H2,1H3. The maximum Gasteiger partial charge on any atom is 0.161 e. The molecule has 0 saturated carbocycles. The van der Waals surface area contributed by atoms with Crippen LogP contribution < -0.4 is 9.47 Å². The molecular weight excluding hydrogens is 684 g/mol. The topological polar surface area (TPSA) is 111 Å². The molecule has 0 atom stereocenters. The van der Waals surface area contributed by atoms with Gasteiger partial charge in [0.25, 0.3) is 0 Å². The highest BCUT2D eigenvalue weighted by molar-refractivity contribution is 5.42. The van der Waals surface area contributed by atoms with Crippen molar-refractivity contribution in [3.8, 4) is 11.5 Å². The maximum absolute atomic E-state index is 5.93. The van der Waals surface area contributed by atoms with Crippen LogP contribution in [0.4, 0.5) is 0 Å². The largest absolute Gasteiger partial charge is 0.487 e. The molecule has 0 aliphatic rings. The summed E-state index contributed by atoms with van der Waals surface area (Å²) in [7, 11) is 0. The molecule has 12 heteroatoms. The summed E-state index contributed by atoms with van der Waals surface area (Å²) in [5.74, 6) is 1.34. The second kappa shape index (κ2) is 32.3. The first-order valence-corrected chi connectivity index (χ1v) is 18.5. The van der Waals surface area contributed by atoms with Gasteiger partial charge in [-0.05, 0) is 35.7 Å². The van der Waals surface area contributed by atoms with E-state index in [4.69, 9.17) is 56.8 Å². The summed E-state index contributed by atoms with van der Waals surface area (Å²) in [6, 6.07) is 26.0. The molecule has 0 amide bonds. The monoisotopic (exact) mass is 744 g/mol. The van der Waals surface area contributed by atoms with Crippen molar-refractivity contribution in [3.05, 3.63) is 95.6 Å². The van der Waals surface area contributed by atoms with Crippen LogP contribution in [-0.4, -0.2) is 132 Å². The van der Waals surface area contributed by atoms with E-state index in [9.17, 15) is 0 Å². The van der Waals surface area contributed by atoms with Crippen molar-refractivity contribution >= 4 is 0 Å². The summed E-state index contributed by atoms with van der Waals surface area (Å²) in [6.07, 6.45) is 0. The fraction of sp³-hybridized carbons (Fsp3) is 0.561. The molecular formula is C41H60O12. The predicted molar refractivity (Wildman–Crippen MR) is 201 cm³/mol. The van der Waals surface area contributed by atoms with E-state index in [-0.39, 0.29) is 0 Å². The predicted octanol–water partition coefficient (Wildman–Crippen LogP) is 5.32. The molecule has 296 valence electrons. The number of aryl methyl sites for hydroxylation is 1. The summed E-state index contributed by atoms with van der Waals surface area (Å²) >= 11 is 0. The van der Waals surface area contributed by atoms with Gasteiger partial charge in [-0.15, -0.1) is 0 Å². The molecule has 0 N–H and O–H groups in total. The van der Waals surface area contributed by atoms with Crippen LogP contribution in [0.2, 0.25) is 0 Å². The van der Waals surface area contributed by atoms with Gasteiger partial charge in [-0.2, -0.15) is 0 Å². The zero-order valence-corrected chi connectivity index (χ0v) is 31.5. The SMILES string of the molecule is Cc1ccc(OCCOCCOCCOCCOCCOCc2ccccc2)c(OCCOCCOCCOCCOCCOCc2ccccc2)c1. The van der Waals surface area contributed by atoms with Gasteiger partial charge in [0, 0.05) is 0 Å². The van der Waals surface area contributed by atoms with E-state index in [0.717, 1.165) is 16.7 Å². The lowest BCUT2D eigenvalue weighted by molar-refractivity contribution is -0.0144. The third-order valence-electron chi connectivity index (χ3n) is 7.27. The lowest BCUT2D eigenvalue weighted by Crippen LogP contribution is -2.15. The first-order valence-electron chi connectivity index (χ1n) is 18.5. The molecule has 0 heterocycles. The van der Waals surface area contributed by atoms with Crippen LogP contribution in [0.1, 0.15) is 16.7 Å². The highest BCUT2D eigenvalue weighted by Crippen LogP contribution is 2.28. The van der Waals surface area contributed by atoms with Gasteiger partial charge < -0.3 is 56.8 Å². The van der Waals surface area contributed by atoms with E-state index in [1.54, 1.807) is 0 Å². The number of benzene rings is 3. The summed E-state index contributed by atoms with van der Waals surface area (Å²) in [5, 5.41) is 0. The van der Waals surface area contributed by atoms with E-state index in [1.165, 1.54) is 0 Å². The highest BCUT2D eigenvalue weighted by Gasteiger charge is 2.06. The van der Waals surface area contributed by atoms with Crippen LogP contribution in [0.15, 0.2) is 78.9 Å². The van der Waals surface area contributed by atoms with Crippen LogP contribution >= 0.6 is 0 Å². The van der Waals surface area contributed by atoms with Crippen molar-refractivity contribution in [2.75, 3.05) is 132 Å². The second-order valence-corrected chi connectivity index (χ2v) is 11.6. The van der Waals surface area contributed by atoms with Gasteiger partial charge in [-0.3, -0.25) is 0 Å².